The van der Waals surface area contributed by atoms with Crippen molar-refractivity contribution in [1.82, 2.24) is 19.7 Å². The minimum Gasteiger partial charge on any atom is -0.494 e. The standard InChI is InChI=1S/C31H35BrN9O3P/c1-7-34-28-23(33-2)8-9-24(29(28)45(5,6)42)37-30-22(32)14-35-31(39-30)38-25-11-21(18-13-36-40(3)15-18)26(12-27(25)43-4)41-16-20-10-19(41)17-44-20/h7-9,11-15,19-20H,2,10,16-17H2,1,3-6H3,(H2,35,37,38,39)/t19-,20-/m1/s1. The largest absolute Gasteiger partial charge is 0.494 e. The summed E-state index contributed by atoms with van der Waals surface area (Å²) in [6.07, 6.45) is 8.43. The number of fused-ring (bicyclic) bond motifs is 2. The molecule has 0 amide bonds. The Bertz CT molecular complexity index is 1850. The lowest BCUT2D eigenvalue weighted by Gasteiger charge is -2.31. The highest BCUT2D eigenvalue weighted by Crippen LogP contribution is 2.47. The molecule has 2 bridgehead atoms. The SMILES string of the molecule is C=Nc1ccc(Nc2nc(Nc3cc(-c4cnn(C)c4)c(N4C[C@H]5C[C@@H]4CO5)cc3OC)ncc2Br)c(P(C)(C)=O)c1N=CC. The van der Waals surface area contributed by atoms with Gasteiger partial charge < -0.3 is 29.6 Å². The van der Waals surface area contributed by atoms with Crippen LogP contribution in [0, 0.1) is 0 Å². The monoisotopic (exact) mass is 691 g/mol. The molecule has 2 aliphatic rings. The Morgan fingerprint density at radius 3 is 2.67 bits per heavy atom. The molecule has 234 valence electrons. The Kier molecular flexibility index (Phi) is 8.51. The molecule has 0 aliphatic carbocycles. The van der Waals surface area contributed by atoms with E-state index in [1.165, 1.54) is 0 Å². The molecule has 4 aromatic rings. The van der Waals surface area contributed by atoms with Crippen LogP contribution in [-0.2, 0) is 16.3 Å². The van der Waals surface area contributed by atoms with Gasteiger partial charge in [0.1, 0.15) is 24.4 Å². The van der Waals surface area contributed by atoms with Crippen LogP contribution in [0.2, 0.25) is 0 Å². The van der Waals surface area contributed by atoms with E-state index in [9.17, 15) is 4.57 Å². The summed E-state index contributed by atoms with van der Waals surface area (Å²) < 4.78 is 27.7. The number of hydrogen-bond acceptors (Lipinski definition) is 11. The number of nitrogens with zero attached hydrogens (tertiary/aromatic N) is 7. The number of aliphatic imine (C=N–C) groups is 2. The minimum absolute atomic E-state index is 0.242. The number of aromatic nitrogens is 4. The third kappa shape index (κ3) is 6.12. The Balaban J connectivity index is 1.38. The average molecular weight is 693 g/mol. The van der Waals surface area contributed by atoms with Gasteiger partial charge in [0.15, 0.2) is 0 Å². The first kappa shape index (κ1) is 30.9. The van der Waals surface area contributed by atoms with Gasteiger partial charge in [-0.2, -0.15) is 10.1 Å². The molecule has 0 spiro atoms. The fourth-order valence-electron chi connectivity index (χ4n) is 5.92. The molecule has 0 saturated carbocycles. The zero-order valence-electron chi connectivity index (χ0n) is 25.8. The number of rotatable bonds is 10. The maximum atomic E-state index is 13.5. The first-order chi connectivity index (χ1) is 21.6. The summed E-state index contributed by atoms with van der Waals surface area (Å²) in [6.45, 7) is 10.4. The first-order valence-corrected chi connectivity index (χ1v) is 17.8. The van der Waals surface area contributed by atoms with Gasteiger partial charge >= 0.3 is 0 Å². The second kappa shape index (κ2) is 12.4. The van der Waals surface area contributed by atoms with Gasteiger partial charge in [-0.3, -0.25) is 14.7 Å². The number of benzene rings is 2. The van der Waals surface area contributed by atoms with Crippen molar-refractivity contribution in [2.75, 3.05) is 49.1 Å². The van der Waals surface area contributed by atoms with E-state index in [4.69, 9.17) is 14.5 Å². The van der Waals surface area contributed by atoms with Crippen LogP contribution >= 0.6 is 23.1 Å². The van der Waals surface area contributed by atoms with Crippen molar-refractivity contribution in [1.29, 1.82) is 0 Å². The van der Waals surface area contributed by atoms with Crippen LogP contribution in [0.1, 0.15) is 13.3 Å². The molecule has 0 unspecified atom stereocenters. The molecule has 6 rings (SSSR count). The van der Waals surface area contributed by atoms with E-state index in [2.05, 4.69) is 70.4 Å². The molecule has 12 nitrogen and oxygen atoms in total. The molecular formula is C31H35BrN9O3P. The Morgan fingerprint density at radius 1 is 1.22 bits per heavy atom. The zero-order valence-corrected chi connectivity index (χ0v) is 28.3. The molecule has 2 fully saturated rings. The number of hydrogen-bond donors (Lipinski definition) is 2. The number of ether oxygens (including phenoxy) is 2. The quantitative estimate of drug-likeness (QED) is 0.143. The second-order valence-electron chi connectivity index (χ2n) is 11.3. The van der Waals surface area contributed by atoms with Crippen molar-refractivity contribution in [2.24, 2.45) is 17.0 Å². The van der Waals surface area contributed by atoms with Crippen molar-refractivity contribution < 1.29 is 14.0 Å². The summed E-state index contributed by atoms with van der Waals surface area (Å²) in [6, 6.07) is 8.03. The molecule has 14 heteroatoms. The third-order valence-electron chi connectivity index (χ3n) is 7.88. The molecule has 2 N–H and O–H groups in total. The van der Waals surface area contributed by atoms with Gasteiger partial charge in [-0.15, -0.1) is 0 Å². The zero-order chi connectivity index (χ0) is 31.9. The van der Waals surface area contributed by atoms with Crippen LogP contribution < -0.4 is 25.6 Å². The maximum absolute atomic E-state index is 13.5. The molecule has 2 aromatic carbocycles. The number of nitrogens with one attached hydrogen (secondary N) is 2. The molecule has 4 heterocycles. The second-order valence-corrected chi connectivity index (χ2v) is 15.3. The van der Waals surface area contributed by atoms with E-state index in [-0.39, 0.29) is 6.10 Å². The lowest BCUT2D eigenvalue weighted by molar-refractivity contribution is 0.0991. The molecule has 2 saturated heterocycles. The molecule has 0 radical (unpaired) electrons. The van der Waals surface area contributed by atoms with Crippen LogP contribution in [0.5, 0.6) is 5.75 Å². The molecule has 2 atom stereocenters. The number of methoxy groups -OCH3 is 1. The number of morpholine rings is 1. The van der Waals surface area contributed by atoms with Gasteiger partial charge in [-0.05, 0) is 67.5 Å². The first-order valence-electron chi connectivity index (χ1n) is 14.4. The Labute approximate surface area is 270 Å². The van der Waals surface area contributed by atoms with Crippen molar-refractivity contribution >= 4 is 81.5 Å². The molecular weight excluding hydrogens is 657 g/mol. The van der Waals surface area contributed by atoms with Crippen LogP contribution in [0.4, 0.5) is 40.2 Å². The highest BCUT2D eigenvalue weighted by molar-refractivity contribution is 9.10. The normalized spacial score (nSPS) is 17.7. The van der Waals surface area contributed by atoms with Crippen molar-refractivity contribution in [3.8, 4) is 16.9 Å². The van der Waals surface area contributed by atoms with E-state index in [0.717, 1.165) is 29.8 Å². The average Bonchev–Trinajstić information content (AvgIpc) is 3.76. The van der Waals surface area contributed by atoms with Crippen molar-refractivity contribution in [2.45, 2.75) is 25.5 Å². The van der Waals surface area contributed by atoms with Crippen LogP contribution in [0.3, 0.4) is 0 Å². The lowest BCUT2D eigenvalue weighted by Crippen LogP contribution is -2.37. The summed E-state index contributed by atoms with van der Waals surface area (Å²) in [5, 5.41) is 11.7. The van der Waals surface area contributed by atoms with E-state index in [1.807, 2.05) is 25.5 Å². The number of anilines is 5. The minimum atomic E-state index is -2.82. The van der Waals surface area contributed by atoms with Gasteiger partial charge in [-0.25, -0.2) is 4.98 Å². The Morgan fingerprint density at radius 2 is 2.04 bits per heavy atom. The van der Waals surface area contributed by atoms with E-state index < -0.39 is 7.14 Å². The predicted molar refractivity (Wildman–Crippen MR) is 186 cm³/mol. The van der Waals surface area contributed by atoms with Crippen molar-refractivity contribution in [3.05, 3.63) is 47.3 Å². The van der Waals surface area contributed by atoms with E-state index in [1.54, 1.807) is 50.5 Å². The van der Waals surface area contributed by atoms with Crippen LogP contribution in [0.15, 0.2) is 57.3 Å². The molecule has 2 aromatic heterocycles. The summed E-state index contributed by atoms with van der Waals surface area (Å²) in [4.78, 5) is 20.3. The van der Waals surface area contributed by atoms with Gasteiger partial charge in [-0.1, -0.05) is 0 Å². The number of aryl methyl sites for hydroxylation is 1. The van der Waals surface area contributed by atoms with E-state index >= 15 is 0 Å². The Hall–Kier alpha value is -4.06. The lowest BCUT2D eigenvalue weighted by atomic mass is 10.0. The summed E-state index contributed by atoms with van der Waals surface area (Å²) >= 11 is 3.57. The smallest absolute Gasteiger partial charge is 0.229 e. The fourth-order valence-corrected chi connectivity index (χ4v) is 7.60. The van der Waals surface area contributed by atoms with E-state index in [0.29, 0.717) is 62.7 Å². The topological polar surface area (TPSA) is 131 Å². The van der Waals surface area contributed by atoms with Gasteiger partial charge in [0.25, 0.3) is 0 Å². The predicted octanol–water partition coefficient (Wildman–Crippen LogP) is 6.42. The maximum Gasteiger partial charge on any atom is 0.229 e. The van der Waals surface area contributed by atoms with Crippen LogP contribution in [-0.4, -0.2) is 78.4 Å². The molecule has 2 aliphatic heterocycles. The molecule has 45 heavy (non-hydrogen) atoms. The van der Waals surface area contributed by atoms with Crippen molar-refractivity contribution in [3.63, 3.8) is 0 Å². The highest BCUT2D eigenvalue weighted by atomic mass is 79.9. The van der Waals surface area contributed by atoms with Gasteiger partial charge in [0.2, 0.25) is 5.95 Å². The third-order valence-corrected chi connectivity index (χ3v) is 9.99. The highest BCUT2D eigenvalue weighted by Gasteiger charge is 2.40. The van der Waals surface area contributed by atoms with Gasteiger partial charge in [0.05, 0.1) is 58.9 Å². The number of halogens is 1. The fraction of sp³-hybridized carbons (Fsp3) is 0.323. The summed E-state index contributed by atoms with van der Waals surface area (Å²) in [5.41, 5.74) is 5.43. The summed E-state index contributed by atoms with van der Waals surface area (Å²) in [7, 11) is 0.736. The van der Waals surface area contributed by atoms with Gasteiger partial charge in [0, 0.05) is 55.1 Å². The van der Waals surface area contributed by atoms with Crippen LogP contribution in [0.25, 0.3) is 11.1 Å². The summed E-state index contributed by atoms with van der Waals surface area (Å²) in [5.74, 6) is 1.47.